The van der Waals surface area contributed by atoms with Crippen LogP contribution in [0.15, 0.2) is 33.9 Å². The Kier molecular flexibility index (Phi) is 5.30. The average Bonchev–Trinajstić information content (AvgIpc) is 3.08. The van der Waals surface area contributed by atoms with E-state index in [1.54, 1.807) is 23.6 Å². The van der Waals surface area contributed by atoms with E-state index >= 15 is 0 Å². The van der Waals surface area contributed by atoms with E-state index in [0.717, 1.165) is 37.2 Å². The summed E-state index contributed by atoms with van der Waals surface area (Å²) in [5.74, 6) is 0.0825. The van der Waals surface area contributed by atoms with Gasteiger partial charge in [0.1, 0.15) is 0 Å². The summed E-state index contributed by atoms with van der Waals surface area (Å²) in [5, 5.41) is 11.3. The number of carbonyl (C=O) groups excluding carboxylic acids is 1. The molecule has 1 aliphatic rings. The topological polar surface area (TPSA) is 67.2 Å². The molecule has 1 saturated heterocycles. The van der Waals surface area contributed by atoms with Gasteiger partial charge in [-0.1, -0.05) is 0 Å². The molecule has 1 amide bonds. The van der Waals surface area contributed by atoms with Crippen molar-refractivity contribution >= 4 is 22.9 Å². The maximum Gasteiger partial charge on any atom is 0.268 e. The summed E-state index contributed by atoms with van der Waals surface area (Å²) >= 11 is 1.61. The Morgan fingerprint density at radius 1 is 1.42 bits per heavy atom. The molecule has 1 aliphatic heterocycles. The Bertz CT molecular complexity index is 733. The van der Waals surface area contributed by atoms with Gasteiger partial charge in [-0.15, -0.1) is 0 Å². The van der Waals surface area contributed by atoms with Gasteiger partial charge in [-0.25, -0.2) is 4.68 Å². The maximum absolute atomic E-state index is 12.1. The highest BCUT2D eigenvalue weighted by Crippen LogP contribution is 2.18. The lowest BCUT2D eigenvalue weighted by Gasteiger charge is -2.33. The van der Waals surface area contributed by atoms with E-state index in [1.807, 2.05) is 23.8 Å². The number of nitrogens with one attached hydrogen (secondary N) is 1. The van der Waals surface area contributed by atoms with Crippen molar-refractivity contribution in [3.63, 3.8) is 0 Å². The van der Waals surface area contributed by atoms with Crippen molar-refractivity contribution < 1.29 is 4.79 Å². The van der Waals surface area contributed by atoms with Crippen LogP contribution in [-0.4, -0.2) is 34.8 Å². The Balaban J connectivity index is 1.51. The molecule has 2 aromatic rings. The quantitative estimate of drug-likeness (QED) is 0.894. The van der Waals surface area contributed by atoms with Crippen LogP contribution in [-0.2, 0) is 17.8 Å². The monoisotopic (exact) mass is 346 g/mol. The van der Waals surface area contributed by atoms with Crippen molar-refractivity contribution in [3.8, 4) is 0 Å². The van der Waals surface area contributed by atoms with E-state index in [0.29, 0.717) is 13.0 Å². The van der Waals surface area contributed by atoms with E-state index < -0.39 is 0 Å². The molecule has 0 radical (unpaired) electrons. The van der Waals surface area contributed by atoms with Gasteiger partial charge in [-0.05, 0) is 42.2 Å². The molecule has 7 heteroatoms. The minimum Gasteiger partial charge on any atom is -0.370 e. The van der Waals surface area contributed by atoms with Gasteiger partial charge in [-0.3, -0.25) is 9.59 Å². The van der Waals surface area contributed by atoms with Gasteiger partial charge in [0.05, 0.1) is 18.3 Å². The van der Waals surface area contributed by atoms with Gasteiger partial charge in [0.25, 0.3) is 5.56 Å². The van der Waals surface area contributed by atoms with Crippen molar-refractivity contribution in [2.24, 2.45) is 0 Å². The predicted octanol–water partition coefficient (Wildman–Crippen LogP) is 1.65. The largest absolute Gasteiger partial charge is 0.370 e. The molecule has 1 fully saturated rings. The van der Waals surface area contributed by atoms with Gasteiger partial charge in [0.15, 0.2) is 0 Å². The molecule has 2 aromatic heterocycles. The Hall–Kier alpha value is -2.15. The summed E-state index contributed by atoms with van der Waals surface area (Å²) in [6.45, 7) is 4.12. The second-order valence-corrected chi connectivity index (χ2v) is 6.79. The van der Waals surface area contributed by atoms with E-state index in [4.69, 9.17) is 0 Å². The van der Waals surface area contributed by atoms with Gasteiger partial charge in [0.2, 0.25) is 5.91 Å². The smallest absolute Gasteiger partial charge is 0.268 e. The van der Waals surface area contributed by atoms with Gasteiger partial charge in [0, 0.05) is 31.7 Å². The number of thiophene rings is 1. The van der Waals surface area contributed by atoms with Crippen molar-refractivity contribution in [1.82, 2.24) is 15.1 Å². The first-order chi connectivity index (χ1) is 11.7. The van der Waals surface area contributed by atoms with Crippen molar-refractivity contribution in [2.75, 3.05) is 18.0 Å². The van der Waals surface area contributed by atoms with Crippen LogP contribution in [0.4, 0.5) is 5.69 Å². The van der Waals surface area contributed by atoms with Gasteiger partial charge < -0.3 is 10.2 Å². The van der Waals surface area contributed by atoms with Crippen LogP contribution in [0.25, 0.3) is 0 Å². The molecular weight excluding hydrogens is 324 g/mol. The molecule has 6 nitrogen and oxygen atoms in total. The number of amides is 1. The first kappa shape index (κ1) is 16.7. The van der Waals surface area contributed by atoms with E-state index in [-0.39, 0.29) is 17.5 Å². The molecule has 3 heterocycles. The molecule has 3 rings (SSSR count). The van der Waals surface area contributed by atoms with E-state index in [2.05, 4.69) is 15.3 Å². The summed E-state index contributed by atoms with van der Waals surface area (Å²) in [6, 6.07) is 3.83. The number of aryl methyl sites for hydroxylation is 1. The number of hydrogen-bond acceptors (Lipinski definition) is 5. The molecule has 128 valence electrons. The molecule has 24 heavy (non-hydrogen) atoms. The standard InChI is InChI=1S/C17H22N4O2S/c1-2-21-17(23)10-15(11-18-21)20-6-3-14(4-7-20)19-16(22)9-13-5-8-24-12-13/h5,8,10-12,14H,2-4,6-7,9H2,1H3,(H,19,22). The molecule has 0 aromatic carbocycles. The first-order valence-electron chi connectivity index (χ1n) is 8.28. The molecule has 0 saturated carbocycles. The maximum atomic E-state index is 12.1. The molecule has 0 spiro atoms. The Labute approximate surface area is 145 Å². The van der Waals surface area contributed by atoms with Crippen LogP contribution in [0, 0.1) is 0 Å². The third-order valence-electron chi connectivity index (χ3n) is 4.32. The van der Waals surface area contributed by atoms with Gasteiger partial charge >= 0.3 is 0 Å². The van der Waals surface area contributed by atoms with Crippen molar-refractivity contribution in [2.45, 2.75) is 38.8 Å². The summed E-state index contributed by atoms with van der Waals surface area (Å²) in [5.41, 5.74) is 1.87. The normalized spacial score (nSPS) is 15.5. The number of anilines is 1. The number of hydrogen-bond donors (Lipinski definition) is 1. The minimum atomic E-state index is -0.0683. The molecular formula is C17H22N4O2S. The van der Waals surface area contributed by atoms with Gasteiger partial charge in [-0.2, -0.15) is 16.4 Å². The number of rotatable bonds is 5. The van der Waals surface area contributed by atoms with Crippen LogP contribution in [0.3, 0.4) is 0 Å². The summed E-state index contributed by atoms with van der Waals surface area (Å²) in [6.07, 6.45) is 3.96. The zero-order chi connectivity index (χ0) is 16.9. The Morgan fingerprint density at radius 3 is 2.83 bits per heavy atom. The zero-order valence-corrected chi connectivity index (χ0v) is 14.6. The van der Waals surface area contributed by atoms with Crippen LogP contribution in [0.1, 0.15) is 25.3 Å². The summed E-state index contributed by atoms with van der Waals surface area (Å²) in [7, 11) is 0. The third-order valence-corrected chi connectivity index (χ3v) is 5.06. The Morgan fingerprint density at radius 2 is 2.21 bits per heavy atom. The SMILES string of the molecule is CCn1ncc(N2CCC(NC(=O)Cc3ccsc3)CC2)cc1=O. The highest BCUT2D eigenvalue weighted by molar-refractivity contribution is 7.07. The summed E-state index contributed by atoms with van der Waals surface area (Å²) in [4.78, 5) is 26.1. The number of aromatic nitrogens is 2. The molecule has 0 aliphatic carbocycles. The lowest BCUT2D eigenvalue weighted by molar-refractivity contribution is -0.121. The average molecular weight is 346 g/mol. The fourth-order valence-electron chi connectivity index (χ4n) is 2.97. The number of piperidine rings is 1. The highest BCUT2D eigenvalue weighted by Gasteiger charge is 2.21. The highest BCUT2D eigenvalue weighted by atomic mass is 32.1. The summed E-state index contributed by atoms with van der Waals surface area (Å²) < 4.78 is 1.45. The van der Waals surface area contributed by atoms with E-state index in [1.165, 1.54) is 4.68 Å². The minimum absolute atomic E-state index is 0.0683. The molecule has 1 N–H and O–H groups in total. The number of nitrogens with zero attached hydrogens (tertiary/aromatic N) is 3. The third kappa shape index (κ3) is 4.03. The lowest BCUT2D eigenvalue weighted by atomic mass is 10.0. The molecule has 0 bridgehead atoms. The fourth-order valence-corrected chi connectivity index (χ4v) is 3.64. The second-order valence-electron chi connectivity index (χ2n) is 6.00. The van der Waals surface area contributed by atoms with Crippen LogP contribution < -0.4 is 15.8 Å². The predicted molar refractivity (Wildman–Crippen MR) is 95.6 cm³/mol. The number of carbonyl (C=O) groups is 1. The fraction of sp³-hybridized carbons (Fsp3) is 0.471. The van der Waals surface area contributed by atoms with Crippen LogP contribution in [0.5, 0.6) is 0 Å². The lowest BCUT2D eigenvalue weighted by Crippen LogP contribution is -2.45. The van der Waals surface area contributed by atoms with Crippen molar-refractivity contribution in [1.29, 1.82) is 0 Å². The second kappa shape index (κ2) is 7.61. The van der Waals surface area contributed by atoms with Crippen molar-refractivity contribution in [3.05, 3.63) is 45.0 Å². The van der Waals surface area contributed by atoms with Crippen LogP contribution >= 0.6 is 11.3 Å². The molecule has 0 atom stereocenters. The zero-order valence-electron chi connectivity index (χ0n) is 13.8. The van der Waals surface area contributed by atoms with Crippen LogP contribution in [0.2, 0.25) is 0 Å². The van der Waals surface area contributed by atoms with E-state index in [9.17, 15) is 9.59 Å². The first-order valence-corrected chi connectivity index (χ1v) is 9.22. The molecule has 0 unspecified atom stereocenters.